The standard InChI is InChI=1S/C18H23N4/c1-11-8-15(14-10-16(14)18(11)13(3)19)17-9-12(2)22(20-17)7-6-21(4)5/h8-10H,3,6-7,19H2,1-2,4-5H3. The molecule has 0 saturated carbocycles. The van der Waals surface area contributed by atoms with Crippen LogP contribution in [0.1, 0.15) is 27.9 Å². The number of aromatic nitrogens is 2. The SMILES string of the molecule is C=C(N)c1c(C)cc(-c2cc(C)n(CCN(C)C)n2)c2c1[CH]2. The van der Waals surface area contributed by atoms with Gasteiger partial charge in [-0.3, -0.25) is 4.68 Å². The van der Waals surface area contributed by atoms with Crippen molar-refractivity contribution in [2.24, 2.45) is 5.73 Å². The molecule has 0 atom stereocenters. The van der Waals surface area contributed by atoms with Crippen molar-refractivity contribution < 1.29 is 0 Å². The Morgan fingerprint density at radius 3 is 2.64 bits per heavy atom. The molecule has 3 rings (SSSR count). The molecule has 22 heavy (non-hydrogen) atoms. The number of hydrogen-bond acceptors (Lipinski definition) is 3. The van der Waals surface area contributed by atoms with Gasteiger partial charge in [0.05, 0.1) is 12.2 Å². The van der Waals surface area contributed by atoms with E-state index < -0.39 is 0 Å². The first-order valence-electron chi connectivity index (χ1n) is 7.55. The zero-order valence-electron chi connectivity index (χ0n) is 13.8. The zero-order valence-corrected chi connectivity index (χ0v) is 13.8. The smallest absolute Gasteiger partial charge is 0.0929 e. The molecule has 115 valence electrons. The largest absolute Gasteiger partial charge is 0.399 e. The topological polar surface area (TPSA) is 47.1 Å². The zero-order chi connectivity index (χ0) is 16.0. The van der Waals surface area contributed by atoms with E-state index >= 15 is 0 Å². The Hall–Kier alpha value is -2.07. The Kier molecular flexibility index (Phi) is 3.57. The summed E-state index contributed by atoms with van der Waals surface area (Å²) in [7, 11) is 4.16. The van der Waals surface area contributed by atoms with Crippen LogP contribution in [0.15, 0.2) is 18.7 Å². The molecule has 2 N–H and O–H groups in total. The maximum atomic E-state index is 5.89. The molecule has 1 aromatic carbocycles. The molecule has 1 radical (unpaired) electrons. The fraction of sp³-hybridized carbons (Fsp3) is 0.333. The van der Waals surface area contributed by atoms with Crippen LogP contribution in [0.25, 0.3) is 17.0 Å². The third-order valence-electron chi connectivity index (χ3n) is 4.15. The van der Waals surface area contributed by atoms with Crippen LogP contribution in [0, 0.1) is 20.3 Å². The van der Waals surface area contributed by atoms with Crippen molar-refractivity contribution in [3.63, 3.8) is 0 Å². The second kappa shape index (κ2) is 5.29. The molecule has 0 unspecified atom stereocenters. The molecule has 0 bridgehead atoms. The second-order valence-electron chi connectivity index (χ2n) is 6.31. The molecule has 0 aliphatic heterocycles. The summed E-state index contributed by atoms with van der Waals surface area (Å²) in [6, 6.07) is 4.33. The van der Waals surface area contributed by atoms with E-state index in [0.717, 1.165) is 29.9 Å². The number of nitrogens with zero attached hydrogens (tertiary/aromatic N) is 3. The van der Waals surface area contributed by atoms with Gasteiger partial charge >= 0.3 is 0 Å². The molecule has 0 saturated heterocycles. The van der Waals surface area contributed by atoms with Crippen LogP contribution in [-0.2, 0) is 6.54 Å². The van der Waals surface area contributed by atoms with Crippen LogP contribution in [0.4, 0.5) is 0 Å². The summed E-state index contributed by atoms with van der Waals surface area (Å²) in [5, 5.41) is 4.78. The van der Waals surface area contributed by atoms with Crippen LogP contribution < -0.4 is 5.73 Å². The molecule has 1 heterocycles. The highest BCUT2D eigenvalue weighted by atomic mass is 15.3. The van der Waals surface area contributed by atoms with Crippen LogP contribution in [0.5, 0.6) is 0 Å². The third kappa shape index (κ3) is 2.55. The quantitative estimate of drug-likeness (QED) is 0.787. The summed E-state index contributed by atoms with van der Waals surface area (Å²) < 4.78 is 2.08. The van der Waals surface area contributed by atoms with Crippen molar-refractivity contribution in [2.45, 2.75) is 20.4 Å². The minimum atomic E-state index is 0.641. The van der Waals surface area contributed by atoms with Crippen molar-refractivity contribution in [3.8, 4) is 11.3 Å². The first-order valence-corrected chi connectivity index (χ1v) is 7.55. The monoisotopic (exact) mass is 295 g/mol. The van der Waals surface area contributed by atoms with Gasteiger partial charge in [-0.2, -0.15) is 5.10 Å². The summed E-state index contributed by atoms with van der Waals surface area (Å²) in [5.74, 6) is 0. The molecule has 4 nitrogen and oxygen atoms in total. The maximum absolute atomic E-state index is 5.89. The average molecular weight is 295 g/mol. The van der Waals surface area contributed by atoms with Gasteiger partial charge in [-0.05, 0) is 56.8 Å². The Labute approximate surface area is 132 Å². The lowest BCUT2D eigenvalue weighted by molar-refractivity contribution is 0.371. The molecule has 1 aliphatic rings. The van der Waals surface area contributed by atoms with Crippen LogP contribution in [0.3, 0.4) is 0 Å². The van der Waals surface area contributed by atoms with Crippen molar-refractivity contribution in [2.75, 3.05) is 20.6 Å². The predicted octanol–water partition coefficient (Wildman–Crippen LogP) is 2.57. The molecular formula is C18H23N4. The Bertz CT molecular complexity index is 749. The lowest BCUT2D eigenvalue weighted by Gasteiger charge is -2.10. The normalized spacial score (nSPS) is 12.6. The number of nitrogens with two attached hydrogens (primary N) is 1. The highest BCUT2D eigenvalue weighted by Gasteiger charge is 2.29. The maximum Gasteiger partial charge on any atom is 0.0929 e. The predicted molar refractivity (Wildman–Crippen MR) is 91.4 cm³/mol. The van der Waals surface area contributed by atoms with Crippen molar-refractivity contribution in [1.82, 2.24) is 14.7 Å². The Morgan fingerprint density at radius 2 is 2.00 bits per heavy atom. The summed E-state index contributed by atoms with van der Waals surface area (Å²) in [4.78, 5) is 2.17. The molecule has 4 heteroatoms. The van der Waals surface area contributed by atoms with E-state index in [4.69, 9.17) is 10.8 Å². The number of rotatable bonds is 5. The van der Waals surface area contributed by atoms with Gasteiger partial charge in [0.1, 0.15) is 0 Å². The molecule has 1 aliphatic carbocycles. The van der Waals surface area contributed by atoms with E-state index in [2.05, 4.69) is 62.7 Å². The highest BCUT2D eigenvalue weighted by Crippen LogP contribution is 2.44. The Balaban J connectivity index is 1.95. The molecular weight excluding hydrogens is 272 g/mol. The van der Waals surface area contributed by atoms with Gasteiger partial charge in [-0.25, -0.2) is 0 Å². The summed E-state index contributed by atoms with van der Waals surface area (Å²) in [6.45, 7) is 9.95. The van der Waals surface area contributed by atoms with E-state index in [1.807, 2.05) is 0 Å². The van der Waals surface area contributed by atoms with Gasteiger partial charge in [-0.15, -0.1) is 0 Å². The van der Waals surface area contributed by atoms with E-state index in [9.17, 15) is 0 Å². The van der Waals surface area contributed by atoms with Crippen molar-refractivity contribution in [1.29, 1.82) is 0 Å². The first-order chi connectivity index (χ1) is 10.4. The molecule has 2 aromatic rings. The minimum Gasteiger partial charge on any atom is -0.399 e. The number of hydrogen-bond donors (Lipinski definition) is 1. The number of benzene rings is 1. The van der Waals surface area contributed by atoms with Crippen LogP contribution >= 0.6 is 0 Å². The van der Waals surface area contributed by atoms with Gasteiger partial charge in [0.15, 0.2) is 0 Å². The summed E-state index contributed by atoms with van der Waals surface area (Å²) in [6.07, 6.45) is 2.17. The van der Waals surface area contributed by atoms with Gasteiger partial charge in [0.25, 0.3) is 0 Å². The first kappa shape index (κ1) is 14.9. The second-order valence-corrected chi connectivity index (χ2v) is 6.31. The van der Waals surface area contributed by atoms with Crippen LogP contribution in [0.2, 0.25) is 0 Å². The molecule has 0 fully saturated rings. The van der Waals surface area contributed by atoms with E-state index in [0.29, 0.717) is 5.70 Å². The number of likely N-dealkylation sites (N-methyl/N-ethyl adjacent to an activating group) is 1. The van der Waals surface area contributed by atoms with E-state index in [1.165, 1.54) is 22.4 Å². The molecule has 1 aromatic heterocycles. The van der Waals surface area contributed by atoms with Gasteiger partial charge in [-0.1, -0.05) is 6.58 Å². The fourth-order valence-electron chi connectivity index (χ4n) is 2.92. The van der Waals surface area contributed by atoms with E-state index in [1.54, 1.807) is 0 Å². The minimum absolute atomic E-state index is 0.641. The number of fused-ring (bicyclic) bond motifs is 1. The van der Waals surface area contributed by atoms with Crippen molar-refractivity contribution in [3.05, 3.63) is 53.1 Å². The summed E-state index contributed by atoms with van der Waals surface area (Å²) >= 11 is 0. The van der Waals surface area contributed by atoms with E-state index in [-0.39, 0.29) is 0 Å². The van der Waals surface area contributed by atoms with Gasteiger partial charge in [0.2, 0.25) is 0 Å². The van der Waals surface area contributed by atoms with Crippen LogP contribution in [-0.4, -0.2) is 35.3 Å². The average Bonchev–Trinajstić information content (AvgIpc) is 3.11. The van der Waals surface area contributed by atoms with Crippen molar-refractivity contribution >= 4 is 5.70 Å². The van der Waals surface area contributed by atoms with Gasteiger partial charge < -0.3 is 10.6 Å². The highest BCUT2D eigenvalue weighted by molar-refractivity contribution is 5.87. The van der Waals surface area contributed by atoms with Gasteiger partial charge in [0, 0.05) is 35.5 Å². The summed E-state index contributed by atoms with van der Waals surface area (Å²) in [5.41, 5.74) is 14.7. The number of aryl methyl sites for hydroxylation is 2. The third-order valence-corrected chi connectivity index (χ3v) is 4.15. The lowest BCUT2D eigenvalue weighted by atomic mass is 10.0. The lowest BCUT2D eigenvalue weighted by Crippen LogP contribution is -2.19. The molecule has 0 spiro atoms. The Morgan fingerprint density at radius 1 is 1.27 bits per heavy atom. The molecule has 0 amide bonds. The fourth-order valence-corrected chi connectivity index (χ4v) is 2.92.